The smallest absolute Gasteiger partial charge is 0.213 e. The van der Waals surface area contributed by atoms with Gasteiger partial charge in [0.25, 0.3) is 0 Å². The summed E-state index contributed by atoms with van der Waals surface area (Å²) in [6.07, 6.45) is 3.02. The standard InChI is InChI=1S/C10H10BrN3S/c11-9-2-4-10(5-3-9)14-6-1-7-15(14)13-8-12/h2-5H,1,6-7H2. The number of nitriles is 1. The van der Waals surface area contributed by atoms with Crippen LogP contribution in [0.15, 0.2) is 33.1 Å². The van der Waals surface area contributed by atoms with Gasteiger partial charge in [-0.05, 0) is 30.7 Å². The van der Waals surface area contributed by atoms with Crippen LogP contribution in [-0.2, 0) is 10.9 Å². The van der Waals surface area contributed by atoms with E-state index in [9.17, 15) is 0 Å². The molecule has 1 heterocycles. The van der Waals surface area contributed by atoms with E-state index in [2.05, 4.69) is 36.7 Å². The summed E-state index contributed by atoms with van der Waals surface area (Å²) >= 11 is 3.41. The molecule has 0 spiro atoms. The van der Waals surface area contributed by atoms with Crippen molar-refractivity contribution in [2.45, 2.75) is 6.42 Å². The van der Waals surface area contributed by atoms with Gasteiger partial charge < -0.3 is 4.31 Å². The van der Waals surface area contributed by atoms with Crippen molar-refractivity contribution in [1.82, 2.24) is 0 Å². The summed E-state index contributed by atoms with van der Waals surface area (Å²) in [5, 5.41) is 8.59. The molecule has 1 aromatic rings. The minimum Gasteiger partial charge on any atom is -0.307 e. The van der Waals surface area contributed by atoms with Gasteiger partial charge in [-0.15, -0.1) is 4.36 Å². The topological polar surface area (TPSA) is 39.4 Å². The van der Waals surface area contributed by atoms with Gasteiger partial charge in [0, 0.05) is 33.3 Å². The summed E-state index contributed by atoms with van der Waals surface area (Å²) in [4.78, 5) is 0. The van der Waals surface area contributed by atoms with Gasteiger partial charge in [0.1, 0.15) is 0 Å². The van der Waals surface area contributed by atoms with E-state index in [0.717, 1.165) is 28.9 Å². The molecular formula is C10H10BrN3S. The molecule has 1 aromatic carbocycles. The van der Waals surface area contributed by atoms with Gasteiger partial charge >= 0.3 is 0 Å². The molecule has 1 aliphatic heterocycles. The molecular weight excluding hydrogens is 274 g/mol. The average Bonchev–Trinajstić information content (AvgIpc) is 2.68. The third-order valence-electron chi connectivity index (χ3n) is 2.20. The van der Waals surface area contributed by atoms with Gasteiger partial charge in [0.2, 0.25) is 6.19 Å². The molecule has 3 nitrogen and oxygen atoms in total. The van der Waals surface area contributed by atoms with Gasteiger partial charge in [-0.2, -0.15) is 5.26 Å². The molecule has 0 aliphatic carbocycles. The molecule has 1 fully saturated rings. The van der Waals surface area contributed by atoms with Crippen LogP contribution < -0.4 is 4.31 Å². The van der Waals surface area contributed by atoms with E-state index in [-0.39, 0.29) is 10.9 Å². The van der Waals surface area contributed by atoms with Crippen molar-refractivity contribution in [2.75, 3.05) is 16.6 Å². The Bertz CT molecular complexity index is 421. The molecule has 15 heavy (non-hydrogen) atoms. The minimum absolute atomic E-state index is 0.241. The summed E-state index contributed by atoms with van der Waals surface area (Å²) in [5.74, 6) is 1.00. The van der Waals surface area contributed by atoms with Crippen LogP contribution in [-0.4, -0.2) is 12.3 Å². The lowest BCUT2D eigenvalue weighted by molar-refractivity contribution is 0.989. The number of rotatable bonds is 1. The largest absolute Gasteiger partial charge is 0.307 e. The Morgan fingerprint density at radius 3 is 2.80 bits per heavy atom. The lowest BCUT2D eigenvalue weighted by Crippen LogP contribution is -2.18. The maximum absolute atomic E-state index is 8.59. The normalized spacial score (nSPS) is 20.5. The van der Waals surface area contributed by atoms with Gasteiger partial charge in [0.05, 0.1) is 0 Å². The zero-order valence-corrected chi connectivity index (χ0v) is 10.5. The summed E-state index contributed by atoms with van der Waals surface area (Å²) in [6, 6.07) is 8.15. The molecule has 0 amide bonds. The van der Waals surface area contributed by atoms with Crippen molar-refractivity contribution in [1.29, 1.82) is 5.26 Å². The second-order valence-electron chi connectivity index (χ2n) is 3.17. The van der Waals surface area contributed by atoms with Crippen LogP contribution in [0, 0.1) is 11.5 Å². The van der Waals surface area contributed by atoms with Crippen LogP contribution in [0.1, 0.15) is 6.42 Å². The fourth-order valence-corrected chi connectivity index (χ4v) is 3.41. The molecule has 1 atom stereocenters. The molecule has 1 unspecified atom stereocenters. The first-order valence-electron chi connectivity index (χ1n) is 4.65. The number of benzene rings is 1. The molecule has 5 heteroatoms. The lowest BCUT2D eigenvalue weighted by Gasteiger charge is -2.18. The highest BCUT2D eigenvalue weighted by atomic mass is 79.9. The first-order valence-corrected chi connectivity index (χ1v) is 6.75. The molecule has 0 saturated carbocycles. The fraction of sp³-hybridized carbons (Fsp3) is 0.300. The average molecular weight is 284 g/mol. The third-order valence-corrected chi connectivity index (χ3v) is 4.58. The van der Waals surface area contributed by atoms with E-state index in [0.29, 0.717) is 0 Å². The Morgan fingerprint density at radius 2 is 2.13 bits per heavy atom. The number of halogens is 1. The number of anilines is 1. The van der Waals surface area contributed by atoms with Crippen molar-refractivity contribution < 1.29 is 0 Å². The molecule has 0 bridgehead atoms. The molecule has 0 radical (unpaired) electrons. The molecule has 1 aliphatic rings. The Morgan fingerprint density at radius 1 is 1.40 bits per heavy atom. The zero-order chi connectivity index (χ0) is 10.7. The first kappa shape index (κ1) is 10.7. The quantitative estimate of drug-likeness (QED) is 0.744. The lowest BCUT2D eigenvalue weighted by atomic mass is 10.3. The van der Waals surface area contributed by atoms with E-state index < -0.39 is 0 Å². The Hall–Kier alpha value is -0.860. The van der Waals surface area contributed by atoms with Crippen molar-refractivity contribution >= 4 is 32.5 Å². The highest BCUT2D eigenvalue weighted by molar-refractivity contribution is 9.10. The maximum atomic E-state index is 8.59. The van der Waals surface area contributed by atoms with Gasteiger partial charge in [-0.3, -0.25) is 0 Å². The molecule has 0 aromatic heterocycles. The predicted molar refractivity (Wildman–Crippen MR) is 66.4 cm³/mol. The zero-order valence-electron chi connectivity index (χ0n) is 8.06. The number of nitrogens with zero attached hydrogens (tertiary/aromatic N) is 3. The minimum atomic E-state index is -0.241. The van der Waals surface area contributed by atoms with Crippen LogP contribution >= 0.6 is 15.9 Å². The van der Waals surface area contributed by atoms with E-state index in [1.54, 1.807) is 0 Å². The Balaban J connectivity index is 2.27. The summed E-state index contributed by atoms with van der Waals surface area (Å²) in [5.41, 5.74) is 1.15. The number of hydrogen-bond acceptors (Lipinski definition) is 2. The first-order chi connectivity index (χ1) is 7.31. The van der Waals surface area contributed by atoms with Crippen LogP contribution in [0.3, 0.4) is 0 Å². The summed E-state index contributed by atoms with van der Waals surface area (Å²) in [6.45, 7) is 0.996. The van der Waals surface area contributed by atoms with E-state index in [4.69, 9.17) is 5.26 Å². The highest BCUT2D eigenvalue weighted by Gasteiger charge is 2.18. The van der Waals surface area contributed by atoms with E-state index in [1.165, 1.54) is 0 Å². The van der Waals surface area contributed by atoms with Gasteiger partial charge in [-0.1, -0.05) is 15.9 Å². The Labute approximate surface area is 100 Å². The molecule has 1 saturated heterocycles. The van der Waals surface area contributed by atoms with Crippen LogP contribution in [0.2, 0.25) is 0 Å². The third kappa shape index (κ3) is 2.39. The predicted octanol–water partition coefficient (Wildman–Crippen LogP) is 2.86. The van der Waals surface area contributed by atoms with Crippen molar-refractivity contribution in [3.05, 3.63) is 28.7 Å². The Kier molecular flexibility index (Phi) is 3.39. The van der Waals surface area contributed by atoms with E-state index >= 15 is 0 Å². The second-order valence-corrected chi connectivity index (χ2v) is 5.79. The molecule has 78 valence electrons. The van der Waals surface area contributed by atoms with Crippen molar-refractivity contribution in [3.8, 4) is 6.19 Å². The van der Waals surface area contributed by atoms with Crippen molar-refractivity contribution in [3.63, 3.8) is 0 Å². The van der Waals surface area contributed by atoms with Crippen LogP contribution in [0.4, 0.5) is 5.69 Å². The van der Waals surface area contributed by atoms with E-state index in [1.807, 2.05) is 18.3 Å². The second kappa shape index (κ2) is 4.77. The highest BCUT2D eigenvalue weighted by Crippen LogP contribution is 2.24. The fourth-order valence-electron chi connectivity index (χ4n) is 1.55. The summed E-state index contributed by atoms with van der Waals surface area (Å²) < 4.78 is 7.23. The maximum Gasteiger partial charge on any atom is 0.213 e. The SMILES string of the molecule is N#CN=S1CCCN1c1ccc(Br)cc1. The summed E-state index contributed by atoms with van der Waals surface area (Å²) in [7, 11) is -0.241. The van der Waals surface area contributed by atoms with Gasteiger partial charge in [-0.25, -0.2) is 0 Å². The monoisotopic (exact) mass is 283 g/mol. The molecule has 0 N–H and O–H groups in total. The van der Waals surface area contributed by atoms with Gasteiger partial charge in [0.15, 0.2) is 0 Å². The van der Waals surface area contributed by atoms with Crippen LogP contribution in [0.25, 0.3) is 0 Å². The molecule has 2 rings (SSSR count). The number of hydrogen-bond donors (Lipinski definition) is 0. The van der Waals surface area contributed by atoms with Crippen LogP contribution in [0.5, 0.6) is 0 Å². The van der Waals surface area contributed by atoms with Crippen molar-refractivity contribution in [2.24, 2.45) is 4.36 Å².